The molecule has 0 bridgehead atoms. The van der Waals surface area contributed by atoms with E-state index in [9.17, 15) is 25.2 Å². The van der Waals surface area contributed by atoms with Gasteiger partial charge < -0.3 is 30.0 Å². The largest absolute Gasteiger partial charge is 1.00 e. The van der Waals surface area contributed by atoms with Crippen LogP contribution in [0.3, 0.4) is 0 Å². The SMILES string of the molecule is O=C([O-])CCCC=CCC1C(O)CC(O)C1/C=C/C(O)COc1cccc(Cl)c1.[Na+]. The minimum Gasteiger partial charge on any atom is -0.550 e. The van der Waals surface area contributed by atoms with Gasteiger partial charge in [-0.15, -0.1) is 0 Å². The summed E-state index contributed by atoms with van der Waals surface area (Å²) in [7, 11) is 0. The molecule has 1 aliphatic carbocycles. The van der Waals surface area contributed by atoms with Crippen LogP contribution in [0, 0.1) is 11.8 Å². The average Bonchev–Trinajstić information content (AvgIpc) is 2.93. The van der Waals surface area contributed by atoms with Gasteiger partial charge in [0.1, 0.15) is 18.5 Å². The second-order valence-electron chi connectivity index (χ2n) is 7.30. The monoisotopic (exact) mass is 446 g/mol. The maximum absolute atomic E-state index is 10.4. The third-order valence-electron chi connectivity index (χ3n) is 5.01. The van der Waals surface area contributed by atoms with Crippen molar-refractivity contribution in [3.05, 3.63) is 53.6 Å². The number of rotatable bonds is 11. The van der Waals surface area contributed by atoms with Crippen LogP contribution < -0.4 is 39.4 Å². The summed E-state index contributed by atoms with van der Waals surface area (Å²) >= 11 is 5.89. The molecule has 5 unspecified atom stereocenters. The van der Waals surface area contributed by atoms with Gasteiger partial charge in [0.15, 0.2) is 0 Å². The van der Waals surface area contributed by atoms with Crippen molar-refractivity contribution in [3.63, 3.8) is 0 Å². The number of carbonyl (C=O) groups is 1. The molecule has 1 aliphatic rings. The molecular formula is C22H28ClNaO6. The molecule has 6 nitrogen and oxygen atoms in total. The van der Waals surface area contributed by atoms with Crippen LogP contribution >= 0.6 is 11.6 Å². The maximum atomic E-state index is 10.4. The molecule has 1 aromatic rings. The van der Waals surface area contributed by atoms with Gasteiger partial charge in [0.05, 0.1) is 12.2 Å². The Morgan fingerprint density at radius 3 is 2.77 bits per heavy atom. The number of aliphatic hydroxyl groups is 3. The first-order valence-electron chi connectivity index (χ1n) is 9.82. The van der Waals surface area contributed by atoms with Gasteiger partial charge in [0.2, 0.25) is 0 Å². The second-order valence-corrected chi connectivity index (χ2v) is 7.74. The van der Waals surface area contributed by atoms with Gasteiger partial charge in [-0.2, -0.15) is 0 Å². The summed E-state index contributed by atoms with van der Waals surface area (Å²) in [6.45, 7) is 0.0468. The predicted octanol–water partition coefficient (Wildman–Crippen LogP) is -1.14. The Labute approximate surface area is 204 Å². The van der Waals surface area contributed by atoms with Crippen LogP contribution in [-0.2, 0) is 4.79 Å². The van der Waals surface area contributed by atoms with Crippen molar-refractivity contribution < 1.29 is 59.5 Å². The Balaban J connectivity index is 0.00000450. The van der Waals surface area contributed by atoms with Crippen molar-refractivity contribution in [1.29, 1.82) is 0 Å². The number of hydrogen-bond acceptors (Lipinski definition) is 6. The Hall–Kier alpha value is -0.860. The van der Waals surface area contributed by atoms with Gasteiger partial charge in [-0.1, -0.05) is 42.0 Å². The summed E-state index contributed by atoms with van der Waals surface area (Å²) in [5, 5.41) is 41.6. The van der Waals surface area contributed by atoms with Crippen LogP contribution in [0.5, 0.6) is 5.75 Å². The molecule has 0 spiro atoms. The smallest absolute Gasteiger partial charge is 0.550 e. The van der Waals surface area contributed by atoms with Crippen molar-refractivity contribution in [3.8, 4) is 5.75 Å². The second kappa shape index (κ2) is 14.2. The normalized spacial score (nSPS) is 24.8. The van der Waals surface area contributed by atoms with E-state index in [1.54, 1.807) is 36.4 Å². The Morgan fingerprint density at radius 1 is 1.30 bits per heavy atom. The first kappa shape index (κ1) is 27.2. The van der Waals surface area contributed by atoms with Crippen molar-refractivity contribution in [2.75, 3.05) is 6.61 Å². The minimum atomic E-state index is -1.06. The van der Waals surface area contributed by atoms with Gasteiger partial charge in [0, 0.05) is 23.3 Å². The topological polar surface area (TPSA) is 110 Å². The summed E-state index contributed by atoms with van der Waals surface area (Å²) < 4.78 is 5.50. The van der Waals surface area contributed by atoms with Gasteiger partial charge >= 0.3 is 29.6 Å². The summed E-state index contributed by atoms with van der Waals surface area (Å²) in [5.41, 5.74) is 0. The molecule has 30 heavy (non-hydrogen) atoms. The molecule has 0 heterocycles. The van der Waals surface area contributed by atoms with E-state index in [1.165, 1.54) is 0 Å². The Morgan fingerprint density at radius 2 is 2.07 bits per heavy atom. The van der Waals surface area contributed by atoms with Crippen LogP contribution in [-0.4, -0.2) is 46.2 Å². The molecule has 0 radical (unpaired) electrons. The van der Waals surface area contributed by atoms with Crippen LogP contribution in [0.1, 0.15) is 32.1 Å². The van der Waals surface area contributed by atoms with E-state index in [4.69, 9.17) is 16.3 Å². The number of hydrogen-bond donors (Lipinski definition) is 3. The summed E-state index contributed by atoms with van der Waals surface area (Å²) in [6.07, 6.45) is 6.93. The molecule has 0 aromatic heterocycles. The Kier molecular flexibility index (Phi) is 12.9. The van der Waals surface area contributed by atoms with Crippen LogP contribution in [0.15, 0.2) is 48.6 Å². The Bertz CT molecular complexity index is 711. The molecule has 160 valence electrons. The number of ether oxygens (including phenoxy) is 1. The van der Waals surface area contributed by atoms with Gasteiger partial charge in [-0.25, -0.2) is 0 Å². The van der Waals surface area contributed by atoms with Gasteiger partial charge in [-0.3, -0.25) is 0 Å². The number of aliphatic carboxylic acids is 1. The molecule has 1 aromatic carbocycles. The number of allylic oxidation sites excluding steroid dienone is 2. The van der Waals surface area contributed by atoms with Crippen LogP contribution in [0.25, 0.3) is 0 Å². The number of carboxylic acids is 1. The summed E-state index contributed by atoms with van der Waals surface area (Å²) in [4.78, 5) is 10.4. The first-order valence-corrected chi connectivity index (χ1v) is 10.2. The molecule has 0 saturated heterocycles. The molecular weight excluding hydrogens is 419 g/mol. The number of aliphatic hydroxyl groups excluding tert-OH is 3. The molecule has 8 heteroatoms. The average molecular weight is 447 g/mol. The van der Waals surface area contributed by atoms with E-state index < -0.39 is 24.3 Å². The van der Waals surface area contributed by atoms with E-state index >= 15 is 0 Å². The third-order valence-corrected chi connectivity index (χ3v) is 5.25. The molecule has 2 rings (SSSR count). The molecule has 0 amide bonds. The van der Waals surface area contributed by atoms with E-state index in [2.05, 4.69) is 0 Å². The van der Waals surface area contributed by atoms with Crippen molar-refractivity contribution >= 4 is 17.6 Å². The number of unbranched alkanes of at least 4 members (excludes halogenated alkanes) is 1. The standard InChI is InChI=1S/C22H29ClO6.Na/c23-15-6-5-7-17(12-15)29-14-16(24)10-11-19-18(20(25)13-21(19)26)8-3-1-2-4-9-22(27)28;/h1,3,5-7,10-12,16,18-21,24-26H,2,4,8-9,13-14H2,(H,27,28);/q;+1/p-1/b3-1?,11-10+;. The third kappa shape index (κ3) is 9.52. The number of carboxylic acid groups (broad SMARTS) is 1. The maximum Gasteiger partial charge on any atom is 1.00 e. The number of carbonyl (C=O) groups excluding carboxylic acids is 1. The first-order chi connectivity index (χ1) is 13.9. The zero-order valence-electron chi connectivity index (χ0n) is 17.2. The molecule has 1 saturated carbocycles. The fraction of sp³-hybridized carbons (Fsp3) is 0.500. The summed E-state index contributed by atoms with van der Waals surface area (Å²) in [5.74, 6) is -0.947. The molecule has 5 atom stereocenters. The number of benzene rings is 1. The van der Waals surface area contributed by atoms with Gasteiger partial charge in [0.25, 0.3) is 0 Å². The van der Waals surface area contributed by atoms with E-state index in [0.717, 1.165) is 0 Å². The minimum absolute atomic E-state index is 0. The van der Waals surface area contributed by atoms with Crippen molar-refractivity contribution in [2.45, 2.75) is 50.4 Å². The fourth-order valence-corrected chi connectivity index (χ4v) is 3.67. The van der Waals surface area contributed by atoms with Crippen molar-refractivity contribution in [1.82, 2.24) is 0 Å². The molecule has 3 N–H and O–H groups in total. The van der Waals surface area contributed by atoms with E-state index in [1.807, 2.05) is 12.2 Å². The van der Waals surface area contributed by atoms with Crippen LogP contribution in [0.4, 0.5) is 0 Å². The van der Waals surface area contributed by atoms with Crippen LogP contribution in [0.2, 0.25) is 5.02 Å². The molecule has 1 fully saturated rings. The summed E-state index contributed by atoms with van der Waals surface area (Å²) in [6, 6.07) is 6.89. The fourth-order valence-electron chi connectivity index (χ4n) is 3.49. The zero-order chi connectivity index (χ0) is 21.2. The van der Waals surface area contributed by atoms with Gasteiger partial charge in [-0.05, 0) is 49.8 Å². The van der Waals surface area contributed by atoms with E-state index in [-0.39, 0.29) is 60.8 Å². The predicted molar refractivity (Wildman–Crippen MR) is 108 cm³/mol. The number of halogens is 1. The quantitative estimate of drug-likeness (QED) is 0.225. The van der Waals surface area contributed by atoms with Crippen molar-refractivity contribution in [2.24, 2.45) is 11.8 Å². The van der Waals surface area contributed by atoms with E-state index in [0.29, 0.717) is 30.0 Å². The molecule has 0 aliphatic heterocycles. The zero-order valence-corrected chi connectivity index (χ0v) is 19.9.